The van der Waals surface area contributed by atoms with Gasteiger partial charge in [0.1, 0.15) is 6.04 Å². The lowest BCUT2D eigenvalue weighted by atomic mass is 9.79. The number of likely N-dealkylation sites (tertiary alicyclic amines) is 1. The van der Waals surface area contributed by atoms with E-state index in [0.717, 1.165) is 38.5 Å². The van der Waals surface area contributed by atoms with Crippen molar-refractivity contribution in [3.05, 3.63) is 0 Å². The third kappa shape index (κ3) is 3.96. The molecule has 1 heterocycles. The van der Waals surface area contributed by atoms with E-state index in [4.69, 9.17) is 5.73 Å². The fraction of sp³-hybridized carbons (Fsp3) is 0.875. The van der Waals surface area contributed by atoms with Crippen LogP contribution in [0.3, 0.4) is 0 Å². The first-order valence-electron chi connectivity index (χ1n) is 8.26. The number of piperidine rings is 1. The molecule has 120 valence electrons. The summed E-state index contributed by atoms with van der Waals surface area (Å²) in [5.41, 5.74) is 5.93. The molecule has 2 rings (SSSR count). The van der Waals surface area contributed by atoms with Crippen LogP contribution < -0.4 is 5.73 Å². The quantitative estimate of drug-likeness (QED) is 0.832. The van der Waals surface area contributed by atoms with Gasteiger partial charge in [-0.1, -0.05) is 32.6 Å². The molecule has 3 N–H and O–H groups in total. The first-order chi connectivity index (χ1) is 9.95. The molecule has 0 bridgehead atoms. The van der Waals surface area contributed by atoms with Gasteiger partial charge in [0, 0.05) is 18.5 Å². The van der Waals surface area contributed by atoms with Crippen molar-refractivity contribution in [2.24, 2.45) is 11.7 Å². The highest BCUT2D eigenvalue weighted by Gasteiger charge is 2.38. The summed E-state index contributed by atoms with van der Waals surface area (Å²) in [6.07, 6.45) is 7.85. The Morgan fingerprint density at radius 1 is 1.29 bits per heavy atom. The number of amides is 1. The predicted molar refractivity (Wildman–Crippen MR) is 80.8 cm³/mol. The van der Waals surface area contributed by atoms with Gasteiger partial charge in [0.05, 0.1) is 0 Å². The Morgan fingerprint density at radius 3 is 2.52 bits per heavy atom. The minimum atomic E-state index is -0.879. The molecule has 0 aromatic carbocycles. The van der Waals surface area contributed by atoms with E-state index in [1.54, 1.807) is 4.90 Å². The van der Waals surface area contributed by atoms with Crippen LogP contribution in [0.15, 0.2) is 0 Å². The van der Waals surface area contributed by atoms with Gasteiger partial charge in [-0.05, 0) is 31.6 Å². The summed E-state index contributed by atoms with van der Waals surface area (Å²) >= 11 is 0. The zero-order chi connectivity index (χ0) is 15.5. The molecule has 1 aliphatic carbocycles. The standard InChI is InChI=1S/C16H28N2O3/c1-2-12-6-9-18(13(10-12)15(20)21)14(19)11-16(17)7-4-3-5-8-16/h12-13H,2-11,17H2,1H3,(H,20,21). The van der Waals surface area contributed by atoms with Gasteiger partial charge in [0.25, 0.3) is 0 Å². The second kappa shape index (κ2) is 6.77. The summed E-state index contributed by atoms with van der Waals surface area (Å²) in [5.74, 6) is -0.533. The molecule has 0 aromatic heterocycles. The molecule has 2 atom stereocenters. The fourth-order valence-corrected chi connectivity index (χ4v) is 3.78. The van der Waals surface area contributed by atoms with Crippen molar-refractivity contribution in [2.75, 3.05) is 6.54 Å². The van der Waals surface area contributed by atoms with Crippen LogP contribution in [-0.2, 0) is 9.59 Å². The fourth-order valence-electron chi connectivity index (χ4n) is 3.78. The molecule has 2 aliphatic rings. The molecule has 5 nitrogen and oxygen atoms in total. The highest BCUT2D eigenvalue weighted by Crippen LogP contribution is 2.31. The average molecular weight is 296 g/mol. The van der Waals surface area contributed by atoms with E-state index in [0.29, 0.717) is 25.3 Å². The van der Waals surface area contributed by atoms with E-state index in [1.165, 1.54) is 6.42 Å². The Kier molecular flexibility index (Phi) is 5.25. The molecule has 0 radical (unpaired) electrons. The molecule has 0 aromatic rings. The number of carboxylic acid groups (broad SMARTS) is 1. The van der Waals surface area contributed by atoms with Crippen molar-refractivity contribution in [1.29, 1.82) is 0 Å². The van der Waals surface area contributed by atoms with E-state index in [2.05, 4.69) is 6.92 Å². The lowest BCUT2D eigenvalue weighted by Gasteiger charge is -2.40. The van der Waals surface area contributed by atoms with E-state index in [-0.39, 0.29) is 5.91 Å². The lowest BCUT2D eigenvalue weighted by Crippen LogP contribution is -2.53. The van der Waals surface area contributed by atoms with Crippen LogP contribution in [0.1, 0.15) is 64.7 Å². The van der Waals surface area contributed by atoms with Crippen LogP contribution in [0.2, 0.25) is 0 Å². The Balaban J connectivity index is 2.01. The highest BCUT2D eigenvalue weighted by atomic mass is 16.4. The van der Waals surface area contributed by atoms with Gasteiger partial charge in [-0.25, -0.2) is 4.79 Å². The topological polar surface area (TPSA) is 83.6 Å². The molecule has 2 fully saturated rings. The molecule has 0 spiro atoms. The molecule has 1 aliphatic heterocycles. The zero-order valence-corrected chi connectivity index (χ0v) is 13.0. The normalized spacial score (nSPS) is 29.1. The number of carbonyl (C=O) groups excluding carboxylic acids is 1. The molecule has 21 heavy (non-hydrogen) atoms. The summed E-state index contributed by atoms with van der Waals surface area (Å²) < 4.78 is 0. The minimum absolute atomic E-state index is 0.0682. The van der Waals surface area contributed by atoms with Gasteiger partial charge >= 0.3 is 5.97 Å². The predicted octanol–water partition coefficient (Wildman–Crippen LogP) is 2.14. The largest absolute Gasteiger partial charge is 0.480 e. The second-order valence-electron chi connectivity index (χ2n) is 6.84. The van der Waals surface area contributed by atoms with Crippen LogP contribution in [0.25, 0.3) is 0 Å². The smallest absolute Gasteiger partial charge is 0.326 e. The maximum Gasteiger partial charge on any atom is 0.326 e. The summed E-state index contributed by atoms with van der Waals surface area (Å²) in [5, 5.41) is 9.42. The SMILES string of the molecule is CCC1CCN(C(=O)CC2(N)CCCCC2)C(C(=O)O)C1. The third-order valence-electron chi connectivity index (χ3n) is 5.25. The zero-order valence-electron chi connectivity index (χ0n) is 13.0. The lowest BCUT2D eigenvalue weighted by molar-refractivity contribution is -0.153. The van der Waals surface area contributed by atoms with Crippen molar-refractivity contribution in [1.82, 2.24) is 4.90 Å². The van der Waals surface area contributed by atoms with Gasteiger partial charge < -0.3 is 15.7 Å². The van der Waals surface area contributed by atoms with Gasteiger partial charge in [-0.3, -0.25) is 4.79 Å². The number of rotatable bonds is 4. The molecule has 2 unspecified atom stereocenters. The maximum atomic E-state index is 12.6. The van der Waals surface area contributed by atoms with E-state index < -0.39 is 17.6 Å². The van der Waals surface area contributed by atoms with Crippen LogP contribution >= 0.6 is 0 Å². The van der Waals surface area contributed by atoms with Gasteiger partial charge in [0.15, 0.2) is 0 Å². The van der Waals surface area contributed by atoms with E-state index >= 15 is 0 Å². The highest BCUT2D eigenvalue weighted by molar-refractivity contribution is 5.84. The molecule has 1 saturated carbocycles. The summed E-state index contributed by atoms with van der Waals surface area (Å²) in [4.78, 5) is 25.6. The van der Waals surface area contributed by atoms with Crippen LogP contribution in [0, 0.1) is 5.92 Å². The number of hydrogen-bond donors (Lipinski definition) is 2. The van der Waals surface area contributed by atoms with Crippen molar-refractivity contribution < 1.29 is 14.7 Å². The van der Waals surface area contributed by atoms with Gasteiger partial charge in [-0.15, -0.1) is 0 Å². The van der Waals surface area contributed by atoms with Crippen LogP contribution in [0.5, 0.6) is 0 Å². The van der Waals surface area contributed by atoms with Crippen molar-refractivity contribution >= 4 is 11.9 Å². The first-order valence-corrected chi connectivity index (χ1v) is 8.26. The third-order valence-corrected chi connectivity index (χ3v) is 5.25. The van der Waals surface area contributed by atoms with Crippen LogP contribution in [-0.4, -0.2) is 40.0 Å². The first kappa shape index (κ1) is 16.3. The van der Waals surface area contributed by atoms with E-state index in [9.17, 15) is 14.7 Å². The number of hydrogen-bond acceptors (Lipinski definition) is 3. The van der Waals surface area contributed by atoms with Gasteiger partial charge in [0.2, 0.25) is 5.91 Å². The Morgan fingerprint density at radius 2 is 1.95 bits per heavy atom. The Hall–Kier alpha value is -1.10. The minimum Gasteiger partial charge on any atom is -0.480 e. The van der Waals surface area contributed by atoms with Gasteiger partial charge in [-0.2, -0.15) is 0 Å². The number of nitrogens with zero attached hydrogens (tertiary/aromatic N) is 1. The summed E-state index contributed by atoms with van der Waals surface area (Å²) in [6, 6.07) is -0.664. The number of aliphatic carboxylic acids is 1. The molecule has 1 saturated heterocycles. The number of carbonyl (C=O) groups is 2. The summed E-state index contributed by atoms with van der Waals surface area (Å²) in [6.45, 7) is 2.64. The Labute approximate surface area is 126 Å². The number of nitrogens with two attached hydrogens (primary N) is 1. The average Bonchev–Trinajstić information content (AvgIpc) is 2.46. The van der Waals surface area contributed by atoms with Crippen LogP contribution in [0.4, 0.5) is 0 Å². The van der Waals surface area contributed by atoms with E-state index in [1.807, 2.05) is 0 Å². The second-order valence-corrected chi connectivity index (χ2v) is 6.84. The van der Waals surface area contributed by atoms with Crippen molar-refractivity contribution in [3.8, 4) is 0 Å². The molecule has 1 amide bonds. The molecular formula is C16H28N2O3. The van der Waals surface area contributed by atoms with Crippen molar-refractivity contribution in [2.45, 2.75) is 76.3 Å². The summed E-state index contributed by atoms with van der Waals surface area (Å²) in [7, 11) is 0. The molecular weight excluding hydrogens is 268 g/mol. The Bertz CT molecular complexity index is 391. The number of carboxylic acids is 1. The van der Waals surface area contributed by atoms with Crippen molar-refractivity contribution in [3.63, 3.8) is 0 Å². The molecule has 5 heteroatoms. The monoisotopic (exact) mass is 296 g/mol. The maximum absolute atomic E-state index is 12.6.